The van der Waals surface area contributed by atoms with E-state index in [1.54, 1.807) is 4.90 Å². The van der Waals surface area contributed by atoms with E-state index in [-0.39, 0.29) is 12.1 Å². The summed E-state index contributed by atoms with van der Waals surface area (Å²) in [6.45, 7) is 8.44. The molecule has 6 heteroatoms. The number of cyclic esters (lactones) is 1. The monoisotopic (exact) mass is 328 g/mol. The van der Waals surface area contributed by atoms with E-state index in [9.17, 15) is 4.79 Å². The van der Waals surface area contributed by atoms with Gasteiger partial charge in [-0.3, -0.25) is 9.58 Å². The first-order valence-electron chi connectivity index (χ1n) is 8.36. The van der Waals surface area contributed by atoms with Gasteiger partial charge in [-0.1, -0.05) is 26.0 Å². The molecule has 1 amide bonds. The third-order valence-corrected chi connectivity index (χ3v) is 4.03. The summed E-state index contributed by atoms with van der Waals surface area (Å²) >= 11 is 0. The number of nitrogens with zero attached hydrogens (tertiary/aromatic N) is 3. The number of carbonyl (C=O) groups excluding carboxylic acids is 1. The third-order valence-electron chi connectivity index (χ3n) is 4.03. The molecule has 1 N–H and O–H groups in total. The second-order valence-electron chi connectivity index (χ2n) is 6.57. The molecule has 128 valence electrons. The zero-order valence-corrected chi connectivity index (χ0v) is 14.4. The lowest BCUT2D eigenvalue weighted by Gasteiger charge is -2.17. The molecule has 24 heavy (non-hydrogen) atoms. The fourth-order valence-corrected chi connectivity index (χ4v) is 2.82. The quantitative estimate of drug-likeness (QED) is 0.879. The van der Waals surface area contributed by atoms with Crippen LogP contribution in [0.3, 0.4) is 0 Å². The highest BCUT2D eigenvalue weighted by Crippen LogP contribution is 2.24. The van der Waals surface area contributed by atoms with Crippen molar-refractivity contribution in [2.45, 2.75) is 33.4 Å². The minimum Gasteiger partial charge on any atom is -0.447 e. The maximum atomic E-state index is 11.6. The molecule has 1 aliphatic rings. The summed E-state index contributed by atoms with van der Waals surface area (Å²) in [7, 11) is 0. The van der Waals surface area contributed by atoms with Crippen molar-refractivity contribution in [2.75, 3.05) is 23.4 Å². The molecule has 2 aromatic rings. The Bertz CT molecular complexity index is 693. The lowest BCUT2D eigenvalue weighted by Crippen LogP contribution is -2.23. The van der Waals surface area contributed by atoms with Crippen molar-refractivity contribution in [1.29, 1.82) is 0 Å². The number of hydrogen-bond acceptors (Lipinski definition) is 4. The van der Waals surface area contributed by atoms with Gasteiger partial charge in [0.1, 0.15) is 6.61 Å². The Labute approximate surface area is 142 Å². The standard InChI is InChI=1S/C18H24N4O2/c1-13(2)11-21-12-16(10-19-21)20-14(3)15-4-6-17(7-5-15)22-8-9-24-18(22)23/h4-7,10,12-14,20H,8-9,11H2,1-3H3/t14-/m1/s1. The number of hydrogen-bond donors (Lipinski definition) is 1. The Hall–Kier alpha value is -2.50. The molecule has 1 saturated heterocycles. The average molecular weight is 328 g/mol. The summed E-state index contributed by atoms with van der Waals surface area (Å²) in [6, 6.07) is 8.15. The summed E-state index contributed by atoms with van der Waals surface area (Å²) < 4.78 is 6.93. The minimum atomic E-state index is -0.272. The van der Waals surface area contributed by atoms with Gasteiger partial charge in [-0.05, 0) is 30.5 Å². The molecule has 0 spiro atoms. The molecular weight excluding hydrogens is 304 g/mol. The Morgan fingerprint density at radius 2 is 2.00 bits per heavy atom. The van der Waals surface area contributed by atoms with Crippen molar-refractivity contribution in [1.82, 2.24) is 9.78 Å². The smallest absolute Gasteiger partial charge is 0.414 e. The second kappa shape index (κ2) is 6.95. The molecule has 1 aromatic heterocycles. The fourth-order valence-electron chi connectivity index (χ4n) is 2.82. The zero-order chi connectivity index (χ0) is 17.1. The van der Waals surface area contributed by atoms with Crippen molar-refractivity contribution in [2.24, 2.45) is 5.92 Å². The summed E-state index contributed by atoms with van der Waals surface area (Å²) in [5.41, 5.74) is 3.04. The first-order chi connectivity index (χ1) is 11.5. The molecule has 1 aromatic carbocycles. The molecule has 1 fully saturated rings. The van der Waals surface area contributed by atoms with Crippen LogP contribution in [0.1, 0.15) is 32.4 Å². The van der Waals surface area contributed by atoms with Gasteiger partial charge in [0.2, 0.25) is 0 Å². The van der Waals surface area contributed by atoms with Crippen LogP contribution in [0.2, 0.25) is 0 Å². The molecule has 0 bridgehead atoms. The predicted molar refractivity (Wildman–Crippen MR) is 94.2 cm³/mol. The highest BCUT2D eigenvalue weighted by Gasteiger charge is 2.23. The van der Waals surface area contributed by atoms with E-state index in [2.05, 4.69) is 31.2 Å². The SMILES string of the molecule is CC(C)Cn1cc(N[C@H](C)c2ccc(N3CCOC3=O)cc2)cn1. The topological polar surface area (TPSA) is 59.4 Å². The largest absolute Gasteiger partial charge is 0.447 e. The fraction of sp³-hybridized carbons (Fsp3) is 0.444. The summed E-state index contributed by atoms with van der Waals surface area (Å²) in [4.78, 5) is 13.2. The Kier molecular flexibility index (Phi) is 4.74. The minimum absolute atomic E-state index is 0.154. The highest BCUT2D eigenvalue weighted by atomic mass is 16.6. The number of amides is 1. The van der Waals surface area contributed by atoms with Gasteiger partial charge < -0.3 is 10.1 Å². The van der Waals surface area contributed by atoms with E-state index < -0.39 is 0 Å². The van der Waals surface area contributed by atoms with Crippen molar-refractivity contribution in [3.8, 4) is 0 Å². The van der Waals surface area contributed by atoms with Crippen LogP contribution in [0.25, 0.3) is 0 Å². The summed E-state index contributed by atoms with van der Waals surface area (Å²) in [5, 5.41) is 7.83. The van der Waals surface area contributed by atoms with Gasteiger partial charge >= 0.3 is 6.09 Å². The molecular formula is C18H24N4O2. The molecule has 0 unspecified atom stereocenters. The van der Waals surface area contributed by atoms with Crippen LogP contribution >= 0.6 is 0 Å². The number of nitrogens with one attached hydrogen (secondary N) is 1. The molecule has 6 nitrogen and oxygen atoms in total. The summed E-state index contributed by atoms with van der Waals surface area (Å²) in [5.74, 6) is 0.569. The van der Waals surface area contributed by atoms with Crippen LogP contribution in [0, 0.1) is 5.92 Å². The van der Waals surface area contributed by atoms with Gasteiger partial charge in [0.15, 0.2) is 0 Å². The summed E-state index contributed by atoms with van der Waals surface area (Å²) in [6.07, 6.45) is 3.62. The van der Waals surface area contributed by atoms with Gasteiger partial charge in [0.05, 0.1) is 18.4 Å². The van der Waals surface area contributed by atoms with Crippen molar-refractivity contribution >= 4 is 17.5 Å². The van der Waals surface area contributed by atoms with E-state index in [4.69, 9.17) is 4.74 Å². The predicted octanol–water partition coefficient (Wildman–Crippen LogP) is 3.67. The van der Waals surface area contributed by atoms with Gasteiger partial charge in [-0.15, -0.1) is 0 Å². The maximum absolute atomic E-state index is 11.6. The van der Waals surface area contributed by atoms with Gasteiger partial charge in [-0.25, -0.2) is 4.79 Å². The number of aromatic nitrogens is 2. The van der Waals surface area contributed by atoms with Crippen LogP contribution in [0.4, 0.5) is 16.2 Å². The normalized spacial score (nSPS) is 15.7. The number of benzene rings is 1. The number of ether oxygens (including phenoxy) is 1. The van der Waals surface area contributed by atoms with Crippen LogP contribution < -0.4 is 10.2 Å². The number of rotatable bonds is 6. The van der Waals surface area contributed by atoms with Crippen molar-refractivity contribution in [3.63, 3.8) is 0 Å². The Morgan fingerprint density at radius 1 is 1.25 bits per heavy atom. The van der Waals surface area contributed by atoms with E-state index in [0.717, 1.165) is 23.5 Å². The number of carbonyl (C=O) groups is 1. The van der Waals surface area contributed by atoms with E-state index >= 15 is 0 Å². The van der Waals surface area contributed by atoms with Crippen molar-refractivity contribution in [3.05, 3.63) is 42.2 Å². The molecule has 3 rings (SSSR count). The van der Waals surface area contributed by atoms with Gasteiger partial charge in [0.25, 0.3) is 0 Å². The van der Waals surface area contributed by atoms with E-state index in [1.807, 2.05) is 41.3 Å². The molecule has 1 atom stereocenters. The van der Waals surface area contributed by atoms with Crippen LogP contribution in [-0.4, -0.2) is 29.0 Å². The molecule has 0 saturated carbocycles. The van der Waals surface area contributed by atoms with Crippen LogP contribution in [0.15, 0.2) is 36.7 Å². The van der Waals surface area contributed by atoms with Crippen LogP contribution in [-0.2, 0) is 11.3 Å². The molecule has 1 aliphatic heterocycles. The lowest BCUT2D eigenvalue weighted by atomic mass is 10.1. The molecule has 0 radical (unpaired) electrons. The second-order valence-corrected chi connectivity index (χ2v) is 6.57. The maximum Gasteiger partial charge on any atom is 0.414 e. The zero-order valence-electron chi connectivity index (χ0n) is 14.4. The van der Waals surface area contributed by atoms with E-state index in [0.29, 0.717) is 19.1 Å². The molecule has 0 aliphatic carbocycles. The first-order valence-corrected chi connectivity index (χ1v) is 8.36. The highest BCUT2D eigenvalue weighted by molar-refractivity contribution is 5.89. The van der Waals surface area contributed by atoms with E-state index in [1.165, 1.54) is 0 Å². The van der Waals surface area contributed by atoms with Gasteiger partial charge in [-0.2, -0.15) is 5.10 Å². The Morgan fingerprint density at radius 3 is 2.62 bits per heavy atom. The van der Waals surface area contributed by atoms with Crippen molar-refractivity contribution < 1.29 is 9.53 Å². The Balaban J connectivity index is 1.63. The average Bonchev–Trinajstić information content (AvgIpc) is 3.16. The lowest BCUT2D eigenvalue weighted by molar-refractivity contribution is 0.181. The third kappa shape index (κ3) is 3.69. The first kappa shape index (κ1) is 16.4. The molecule has 2 heterocycles. The van der Waals surface area contributed by atoms with Crippen LogP contribution in [0.5, 0.6) is 0 Å². The number of anilines is 2. The van der Waals surface area contributed by atoms with Gasteiger partial charge in [0, 0.05) is 24.5 Å².